The number of hydrogen-bond acceptors (Lipinski definition) is 5. The molecule has 6 rings (SSSR count). The molecular formula is C36H37ClN2O5S2. The number of piperidine rings is 2. The fraction of sp³-hybridized carbons (Fsp3) is 0.306. The highest BCUT2D eigenvalue weighted by atomic mass is 35.5. The molecule has 0 saturated carbocycles. The Kier molecular flexibility index (Phi) is 8.99. The molecule has 2 fully saturated rings. The van der Waals surface area contributed by atoms with E-state index in [2.05, 4.69) is 0 Å². The van der Waals surface area contributed by atoms with E-state index in [0.29, 0.717) is 10.6 Å². The van der Waals surface area contributed by atoms with Gasteiger partial charge in [-0.25, -0.2) is 16.8 Å². The zero-order valence-electron chi connectivity index (χ0n) is 26.0. The van der Waals surface area contributed by atoms with E-state index >= 15 is 0 Å². The Labute approximate surface area is 276 Å². The molecule has 2 heterocycles. The number of aryl methyl sites for hydroxylation is 3. The maximum absolute atomic E-state index is 14.6. The summed E-state index contributed by atoms with van der Waals surface area (Å²) in [6.07, 6.45) is 0.829. The van der Waals surface area contributed by atoms with Crippen LogP contribution in [0.2, 0.25) is 5.02 Å². The highest BCUT2D eigenvalue weighted by Crippen LogP contribution is 2.48. The molecule has 240 valence electrons. The quantitative estimate of drug-likeness (QED) is 0.209. The van der Waals surface area contributed by atoms with Crippen LogP contribution in [0.15, 0.2) is 107 Å². The van der Waals surface area contributed by atoms with Gasteiger partial charge in [-0.1, -0.05) is 90.3 Å². The van der Waals surface area contributed by atoms with Gasteiger partial charge in [0.25, 0.3) is 0 Å². The van der Waals surface area contributed by atoms with Crippen molar-refractivity contribution in [3.63, 3.8) is 0 Å². The summed E-state index contributed by atoms with van der Waals surface area (Å²) in [6.45, 7) is 5.69. The minimum atomic E-state index is -4.14. The van der Waals surface area contributed by atoms with Gasteiger partial charge >= 0.3 is 0 Å². The number of halogens is 1. The number of hydrogen-bond donors (Lipinski definition) is 0. The molecule has 2 aliphatic heterocycles. The third-order valence-corrected chi connectivity index (χ3v) is 13.4. The molecule has 0 unspecified atom stereocenters. The first-order chi connectivity index (χ1) is 21.9. The van der Waals surface area contributed by atoms with Crippen LogP contribution >= 0.6 is 11.6 Å². The molecule has 2 aliphatic rings. The molecule has 4 atom stereocenters. The van der Waals surface area contributed by atoms with Gasteiger partial charge in [-0.2, -0.15) is 8.61 Å². The molecule has 0 aromatic heterocycles. The summed E-state index contributed by atoms with van der Waals surface area (Å²) in [6, 6.07) is 25.8. The molecule has 7 nitrogen and oxygen atoms in total. The van der Waals surface area contributed by atoms with Gasteiger partial charge in [0.05, 0.1) is 21.9 Å². The molecule has 0 bridgehead atoms. The Morgan fingerprint density at radius 3 is 1.89 bits per heavy atom. The fourth-order valence-electron chi connectivity index (χ4n) is 6.76. The molecule has 0 N–H and O–H groups in total. The molecule has 0 radical (unpaired) electrons. The molecule has 0 aliphatic carbocycles. The lowest BCUT2D eigenvalue weighted by Crippen LogP contribution is -2.60. The second kappa shape index (κ2) is 12.7. The molecule has 10 heteroatoms. The van der Waals surface area contributed by atoms with E-state index in [1.165, 1.54) is 8.61 Å². The number of benzene rings is 4. The van der Waals surface area contributed by atoms with Gasteiger partial charge in [0.1, 0.15) is 5.78 Å². The first-order valence-corrected chi connectivity index (χ1v) is 18.7. The number of Topliss-reactive ketones (excluding diaryl/α,β-unsaturated/α-hetero) is 1. The predicted octanol–water partition coefficient (Wildman–Crippen LogP) is 7.04. The Balaban J connectivity index is 1.51. The lowest BCUT2D eigenvalue weighted by atomic mass is 9.77. The van der Waals surface area contributed by atoms with Crippen LogP contribution < -0.4 is 0 Å². The number of carbonyl (C=O) groups is 1. The first kappa shape index (κ1) is 32.6. The molecule has 4 aromatic carbocycles. The molecule has 2 saturated heterocycles. The summed E-state index contributed by atoms with van der Waals surface area (Å²) in [5.74, 6) is -1.03. The van der Waals surface area contributed by atoms with E-state index in [-0.39, 0.29) is 35.0 Å². The Bertz CT molecular complexity index is 1960. The van der Waals surface area contributed by atoms with Crippen molar-refractivity contribution in [2.24, 2.45) is 5.92 Å². The summed E-state index contributed by atoms with van der Waals surface area (Å²) in [4.78, 5) is 14.3. The van der Waals surface area contributed by atoms with Crippen molar-refractivity contribution < 1.29 is 21.6 Å². The minimum absolute atomic E-state index is 0.0963. The number of carbonyl (C=O) groups excluding carboxylic acids is 1. The van der Waals surface area contributed by atoms with Gasteiger partial charge in [-0.3, -0.25) is 4.79 Å². The minimum Gasteiger partial charge on any atom is -0.299 e. The van der Waals surface area contributed by atoms with Gasteiger partial charge in [0, 0.05) is 29.9 Å². The molecule has 0 spiro atoms. The van der Waals surface area contributed by atoms with Crippen LogP contribution in [-0.4, -0.2) is 43.8 Å². The maximum atomic E-state index is 14.6. The van der Waals surface area contributed by atoms with Gasteiger partial charge < -0.3 is 0 Å². The summed E-state index contributed by atoms with van der Waals surface area (Å²) >= 11 is 6.37. The van der Waals surface area contributed by atoms with Crippen molar-refractivity contribution >= 4 is 37.4 Å². The number of ketones is 1. The highest BCUT2D eigenvalue weighted by molar-refractivity contribution is 7.89. The number of sulfonamides is 2. The van der Waals surface area contributed by atoms with Crippen molar-refractivity contribution in [3.8, 4) is 0 Å². The molecule has 4 aromatic rings. The summed E-state index contributed by atoms with van der Waals surface area (Å²) in [5.41, 5.74) is 4.31. The van der Waals surface area contributed by atoms with Crippen LogP contribution in [0.1, 0.15) is 59.7 Å². The Hall–Kier alpha value is -3.34. The van der Waals surface area contributed by atoms with Crippen molar-refractivity contribution in [3.05, 3.63) is 130 Å². The normalized spacial score (nSPS) is 22.8. The fourth-order valence-corrected chi connectivity index (χ4v) is 10.5. The van der Waals surface area contributed by atoms with Crippen LogP contribution in [0, 0.1) is 19.8 Å². The average Bonchev–Trinajstić information content (AvgIpc) is 3.04. The zero-order chi connectivity index (χ0) is 32.8. The standard InChI is InChI=1S/C36H37ClN2O5S2/c1-4-26-12-14-27(15-13-26)33-21-35-32(23-38(33)45(41,42)30-16-8-24(2)9-17-30)36(40)22-34(28-6-5-7-29(37)20-28)39(35)46(43,44)31-18-10-25(3)11-19-31/h5-20,32-35H,4,21-23H2,1-3H3/t32-,33+,34+,35+/m1/s1. The molecule has 46 heavy (non-hydrogen) atoms. The summed E-state index contributed by atoms with van der Waals surface area (Å²) < 4.78 is 60.8. The van der Waals surface area contributed by atoms with Crippen LogP contribution in [-0.2, 0) is 31.3 Å². The second-order valence-corrected chi connectivity index (χ2v) is 16.5. The number of rotatable bonds is 7. The van der Waals surface area contributed by atoms with E-state index in [1.807, 2.05) is 45.0 Å². The van der Waals surface area contributed by atoms with E-state index in [0.717, 1.165) is 28.7 Å². The third kappa shape index (κ3) is 6.07. The topological polar surface area (TPSA) is 91.8 Å². The Morgan fingerprint density at radius 1 is 0.739 bits per heavy atom. The van der Waals surface area contributed by atoms with Gasteiger partial charge in [-0.05, 0) is 79.8 Å². The van der Waals surface area contributed by atoms with Gasteiger partial charge in [-0.15, -0.1) is 0 Å². The van der Waals surface area contributed by atoms with E-state index in [4.69, 9.17) is 11.6 Å². The monoisotopic (exact) mass is 676 g/mol. The maximum Gasteiger partial charge on any atom is 0.243 e. The summed E-state index contributed by atoms with van der Waals surface area (Å²) in [5, 5.41) is 0.438. The lowest BCUT2D eigenvalue weighted by molar-refractivity contribution is -0.132. The van der Waals surface area contributed by atoms with Crippen molar-refractivity contribution in [1.82, 2.24) is 8.61 Å². The van der Waals surface area contributed by atoms with Crippen molar-refractivity contribution in [2.75, 3.05) is 6.54 Å². The SMILES string of the molecule is CCc1ccc([C@@H]2C[C@H]3[C@@H](CN2S(=O)(=O)c2ccc(C)cc2)C(=O)C[C@@H](c2cccc(Cl)c2)N3S(=O)(=O)c2ccc(C)cc2)cc1. The van der Waals surface area contributed by atoms with Gasteiger partial charge in [0.2, 0.25) is 20.0 Å². The van der Waals surface area contributed by atoms with E-state index in [1.54, 1.807) is 72.8 Å². The average molecular weight is 677 g/mol. The smallest absolute Gasteiger partial charge is 0.243 e. The lowest BCUT2D eigenvalue weighted by Gasteiger charge is -2.51. The van der Waals surface area contributed by atoms with Crippen molar-refractivity contribution in [1.29, 1.82) is 0 Å². The summed E-state index contributed by atoms with van der Waals surface area (Å²) in [7, 11) is -8.19. The van der Waals surface area contributed by atoms with Crippen LogP contribution in [0.25, 0.3) is 0 Å². The number of nitrogens with zero attached hydrogens (tertiary/aromatic N) is 2. The highest BCUT2D eigenvalue weighted by Gasteiger charge is 2.54. The molecule has 0 amide bonds. The van der Waals surface area contributed by atoms with E-state index < -0.39 is 44.1 Å². The van der Waals surface area contributed by atoms with Crippen LogP contribution in [0.3, 0.4) is 0 Å². The van der Waals surface area contributed by atoms with Crippen molar-refractivity contribution in [2.45, 2.75) is 68.0 Å². The third-order valence-electron chi connectivity index (χ3n) is 9.33. The van der Waals surface area contributed by atoms with Gasteiger partial charge in [0.15, 0.2) is 0 Å². The largest absolute Gasteiger partial charge is 0.299 e. The Morgan fingerprint density at radius 2 is 1.33 bits per heavy atom. The molecular weight excluding hydrogens is 640 g/mol. The van der Waals surface area contributed by atoms with Crippen LogP contribution in [0.4, 0.5) is 0 Å². The van der Waals surface area contributed by atoms with Crippen LogP contribution in [0.5, 0.6) is 0 Å². The first-order valence-electron chi connectivity index (χ1n) is 15.5. The predicted molar refractivity (Wildman–Crippen MR) is 180 cm³/mol. The number of fused-ring (bicyclic) bond motifs is 1. The van der Waals surface area contributed by atoms with E-state index in [9.17, 15) is 21.6 Å². The second-order valence-electron chi connectivity index (χ2n) is 12.3. The zero-order valence-corrected chi connectivity index (χ0v) is 28.4.